The number of amides is 2. The van der Waals surface area contributed by atoms with Crippen LogP contribution in [0.5, 0.6) is 0 Å². The van der Waals surface area contributed by atoms with Crippen LogP contribution >= 0.6 is 0 Å². The van der Waals surface area contributed by atoms with Crippen molar-refractivity contribution in [3.63, 3.8) is 0 Å². The number of carbonyl (C=O) groups excluding carboxylic acids is 4. The van der Waals surface area contributed by atoms with Gasteiger partial charge in [0.25, 0.3) is 0 Å². The minimum absolute atomic E-state index is 0.0277. The van der Waals surface area contributed by atoms with E-state index in [1.807, 2.05) is 25.7 Å². The molecule has 8 heteroatoms. The van der Waals surface area contributed by atoms with E-state index in [4.69, 9.17) is 9.47 Å². The fourth-order valence-electron chi connectivity index (χ4n) is 13.0. The topological polar surface area (TPSA) is 93.2 Å². The molecule has 1 aliphatic heterocycles. The molecule has 0 aromatic carbocycles. The van der Waals surface area contributed by atoms with E-state index >= 15 is 0 Å². The SMILES string of the molecule is CC(=O)O[C@H]1CC[C@]2(C)[C@H]3CC[C@@H]4C5=C(C(C)C)C(=O)C[C@]5(C(=O)N5CCN(C(=O)OC(C)(C)C)CC5)CC[C@@]4(C)[C@]3(C)CC[C@H]2C1(C)C. The maximum absolute atomic E-state index is 14.9. The van der Waals surface area contributed by atoms with E-state index in [0.29, 0.717) is 50.9 Å². The molecule has 0 aromatic heterocycles. The van der Waals surface area contributed by atoms with Gasteiger partial charge >= 0.3 is 12.1 Å². The molecule has 49 heavy (non-hydrogen) atoms. The van der Waals surface area contributed by atoms with Crippen molar-refractivity contribution in [1.82, 2.24) is 9.80 Å². The molecule has 5 aliphatic carbocycles. The minimum atomic E-state index is -0.774. The van der Waals surface area contributed by atoms with Crippen LogP contribution in [0.4, 0.5) is 4.79 Å². The van der Waals surface area contributed by atoms with E-state index in [0.717, 1.165) is 50.5 Å². The second-order valence-electron chi connectivity index (χ2n) is 19.5. The molecule has 0 bridgehead atoms. The summed E-state index contributed by atoms with van der Waals surface area (Å²) in [5.74, 6) is 1.36. The smallest absolute Gasteiger partial charge is 0.410 e. The Hall–Kier alpha value is -2.38. The summed E-state index contributed by atoms with van der Waals surface area (Å²) < 4.78 is 11.6. The Balaban J connectivity index is 1.31. The van der Waals surface area contributed by atoms with Gasteiger partial charge in [-0.25, -0.2) is 4.79 Å². The van der Waals surface area contributed by atoms with Crippen LogP contribution in [-0.4, -0.2) is 71.4 Å². The molecular formula is C41H64N2O6. The van der Waals surface area contributed by atoms with Crippen LogP contribution in [0.3, 0.4) is 0 Å². The van der Waals surface area contributed by atoms with Crippen LogP contribution < -0.4 is 0 Å². The number of ketones is 1. The molecule has 1 heterocycles. The Morgan fingerprint density at radius 2 is 1.43 bits per heavy atom. The van der Waals surface area contributed by atoms with Crippen molar-refractivity contribution in [2.45, 2.75) is 146 Å². The highest BCUT2D eigenvalue weighted by atomic mass is 16.6. The number of nitrogens with zero attached hydrogens (tertiary/aromatic N) is 2. The third kappa shape index (κ3) is 5.41. The van der Waals surface area contributed by atoms with Crippen molar-refractivity contribution in [1.29, 1.82) is 0 Å². The summed E-state index contributed by atoms with van der Waals surface area (Å²) in [6.07, 6.45) is 7.87. The lowest BCUT2D eigenvalue weighted by Crippen LogP contribution is -2.66. The summed E-state index contributed by atoms with van der Waals surface area (Å²) in [5, 5.41) is 0. The van der Waals surface area contributed by atoms with Crippen LogP contribution in [-0.2, 0) is 23.9 Å². The van der Waals surface area contributed by atoms with Crippen molar-refractivity contribution in [3.05, 3.63) is 11.1 Å². The lowest BCUT2D eigenvalue weighted by molar-refractivity contribution is -0.232. The first-order valence-corrected chi connectivity index (χ1v) is 19.3. The lowest BCUT2D eigenvalue weighted by atomic mass is 9.33. The average molecular weight is 681 g/mol. The number of hydrogen-bond acceptors (Lipinski definition) is 6. The van der Waals surface area contributed by atoms with E-state index in [-0.39, 0.29) is 63.4 Å². The van der Waals surface area contributed by atoms with Crippen LogP contribution in [0, 0.1) is 50.7 Å². The van der Waals surface area contributed by atoms with E-state index in [1.54, 1.807) is 4.90 Å². The van der Waals surface area contributed by atoms with Gasteiger partial charge in [-0.1, -0.05) is 48.5 Å². The number of rotatable bonds is 3. The molecule has 274 valence electrons. The van der Waals surface area contributed by atoms with Crippen LogP contribution in [0.1, 0.15) is 134 Å². The standard InChI is InChI=1S/C41H64N2O6/c1-25(2)32-28(45)24-41(34(46)42-20-22-43(23-21-42)35(47)49-36(4,5)6)19-18-39(10)27(33(32)41)12-13-30-38(9)16-15-31(48-26(3)44)37(7,8)29(38)14-17-40(30,39)11/h25,27,29-31H,12-24H2,1-11H3/t27-,29+,30-,31+,38+,39-,40-,41-/m1/s1. The summed E-state index contributed by atoms with van der Waals surface area (Å²) in [4.78, 5) is 57.5. The molecule has 8 atom stereocenters. The number of hydrogen-bond donors (Lipinski definition) is 0. The molecule has 5 fully saturated rings. The first-order chi connectivity index (χ1) is 22.6. The van der Waals surface area contributed by atoms with Gasteiger partial charge in [0.2, 0.25) is 5.91 Å². The van der Waals surface area contributed by atoms with Gasteiger partial charge in [0, 0.05) is 44.9 Å². The molecule has 8 nitrogen and oxygen atoms in total. The van der Waals surface area contributed by atoms with E-state index in [9.17, 15) is 19.2 Å². The molecule has 0 unspecified atom stereocenters. The van der Waals surface area contributed by atoms with Gasteiger partial charge in [-0.3, -0.25) is 14.4 Å². The maximum atomic E-state index is 14.9. The van der Waals surface area contributed by atoms with Crippen molar-refractivity contribution in [3.8, 4) is 0 Å². The monoisotopic (exact) mass is 680 g/mol. The summed E-state index contributed by atoms with van der Waals surface area (Å²) in [7, 11) is 0. The van der Waals surface area contributed by atoms with Crippen LogP contribution in [0.2, 0.25) is 0 Å². The lowest BCUT2D eigenvalue weighted by Gasteiger charge is -2.72. The fraction of sp³-hybridized carbons (Fsp3) is 0.854. The highest BCUT2D eigenvalue weighted by molar-refractivity contribution is 6.07. The third-order valence-electron chi connectivity index (χ3n) is 15.3. The number of allylic oxidation sites excluding steroid dienone is 1. The van der Waals surface area contributed by atoms with E-state index in [1.165, 1.54) is 12.5 Å². The highest BCUT2D eigenvalue weighted by Crippen LogP contribution is 2.76. The number of ether oxygens (including phenoxy) is 2. The zero-order valence-electron chi connectivity index (χ0n) is 32.4. The first-order valence-electron chi connectivity index (χ1n) is 19.3. The molecule has 4 saturated carbocycles. The maximum Gasteiger partial charge on any atom is 0.410 e. The van der Waals surface area contributed by atoms with Gasteiger partial charge < -0.3 is 19.3 Å². The van der Waals surface area contributed by atoms with Gasteiger partial charge in [0.1, 0.15) is 11.7 Å². The Kier molecular flexibility index (Phi) is 8.79. The minimum Gasteiger partial charge on any atom is -0.462 e. The zero-order chi connectivity index (χ0) is 36.1. The van der Waals surface area contributed by atoms with Gasteiger partial charge in [-0.05, 0) is 123 Å². The summed E-state index contributed by atoms with van der Waals surface area (Å²) >= 11 is 0. The summed E-state index contributed by atoms with van der Waals surface area (Å²) in [5.41, 5.74) is 0.864. The van der Waals surface area contributed by atoms with Crippen molar-refractivity contribution >= 4 is 23.8 Å². The molecule has 0 N–H and O–H groups in total. The van der Waals surface area contributed by atoms with Gasteiger partial charge in [-0.15, -0.1) is 0 Å². The molecule has 6 aliphatic rings. The Morgan fingerprint density at radius 3 is 2.02 bits per heavy atom. The van der Waals surface area contributed by atoms with Crippen LogP contribution in [0.25, 0.3) is 0 Å². The molecule has 2 amide bonds. The Morgan fingerprint density at radius 1 is 0.796 bits per heavy atom. The van der Waals surface area contributed by atoms with Crippen LogP contribution in [0.15, 0.2) is 11.1 Å². The fourth-order valence-corrected chi connectivity index (χ4v) is 13.0. The Bertz CT molecular complexity index is 1430. The van der Waals surface area contributed by atoms with E-state index in [2.05, 4.69) is 48.5 Å². The summed E-state index contributed by atoms with van der Waals surface area (Å²) in [6.45, 7) is 25.5. The van der Waals surface area contributed by atoms with Gasteiger partial charge in [0.05, 0.1) is 5.41 Å². The van der Waals surface area contributed by atoms with Gasteiger partial charge in [-0.2, -0.15) is 0 Å². The second-order valence-corrected chi connectivity index (χ2v) is 19.5. The highest BCUT2D eigenvalue weighted by Gasteiger charge is 2.71. The number of fused-ring (bicyclic) bond motifs is 7. The summed E-state index contributed by atoms with van der Waals surface area (Å²) in [6, 6.07) is 0. The normalized spacial score (nSPS) is 40.3. The molecule has 0 radical (unpaired) electrons. The van der Waals surface area contributed by atoms with E-state index < -0.39 is 11.0 Å². The zero-order valence-corrected chi connectivity index (χ0v) is 32.4. The molecule has 1 saturated heterocycles. The average Bonchev–Trinajstić information content (AvgIpc) is 3.31. The molecule has 6 rings (SSSR count). The molecule has 0 spiro atoms. The first kappa shape index (κ1) is 36.4. The quantitative estimate of drug-likeness (QED) is 0.281. The number of carbonyl (C=O) groups is 4. The Labute approximate surface area is 295 Å². The number of Topliss-reactive ketones (excluding diaryl/α,β-unsaturated/α-hetero) is 1. The predicted octanol–water partition coefficient (Wildman–Crippen LogP) is 7.98. The van der Waals surface area contributed by atoms with Crippen molar-refractivity contribution < 1.29 is 28.7 Å². The predicted molar refractivity (Wildman–Crippen MR) is 189 cm³/mol. The van der Waals surface area contributed by atoms with Crippen molar-refractivity contribution in [2.24, 2.45) is 50.7 Å². The number of piperazine rings is 1. The van der Waals surface area contributed by atoms with Gasteiger partial charge in [0.15, 0.2) is 5.78 Å². The number of esters is 1. The largest absolute Gasteiger partial charge is 0.462 e. The van der Waals surface area contributed by atoms with Crippen molar-refractivity contribution in [2.75, 3.05) is 26.2 Å². The third-order valence-corrected chi connectivity index (χ3v) is 15.3. The molecular weight excluding hydrogens is 616 g/mol. The molecule has 0 aromatic rings. The second kappa shape index (κ2) is 11.8.